The molecule has 0 spiro atoms. The zero-order chi connectivity index (χ0) is 13.9. The lowest BCUT2D eigenvalue weighted by atomic mass is 9.98. The predicted octanol–water partition coefficient (Wildman–Crippen LogP) is 1.87. The Labute approximate surface area is 111 Å². The number of carbonyl (C=O) groups excluding carboxylic acids is 1. The number of aliphatic hydroxyl groups is 1. The molecule has 2 N–H and O–H groups in total. The van der Waals surface area contributed by atoms with Gasteiger partial charge in [0.2, 0.25) is 0 Å². The summed E-state index contributed by atoms with van der Waals surface area (Å²) in [7, 11) is 1.35. The molecule has 0 bridgehead atoms. The SMILES string of the molecule is COc1cc(C(=O)NC2(CO)CCCC2)ccc1F. The van der Waals surface area contributed by atoms with Gasteiger partial charge in [-0.05, 0) is 31.0 Å². The van der Waals surface area contributed by atoms with Gasteiger partial charge in [-0.3, -0.25) is 4.79 Å². The zero-order valence-electron chi connectivity index (χ0n) is 10.9. The molecule has 0 radical (unpaired) electrons. The third-order valence-electron chi connectivity index (χ3n) is 3.66. The number of halogens is 1. The minimum Gasteiger partial charge on any atom is -0.494 e. The summed E-state index contributed by atoms with van der Waals surface area (Å²) in [6.07, 6.45) is 3.53. The Hall–Kier alpha value is -1.62. The predicted molar refractivity (Wildman–Crippen MR) is 68.7 cm³/mol. The lowest BCUT2D eigenvalue weighted by molar-refractivity contribution is 0.0838. The van der Waals surface area contributed by atoms with Gasteiger partial charge in [0, 0.05) is 5.56 Å². The molecule has 0 aromatic heterocycles. The maximum atomic E-state index is 13.3. The Balaban J connectivity index is 2.15. The van der Waals surface area contributed by atoms with Crippen LogP contribution in [0.15, 0.2) is 18.2 Å². The fraction of sp³-hybridized carbons (Fsp3) is 0.500. The van der Waals surface area contributed by atoms with E-state index in [1.54, 1.807) is 0 Å². The second-order valence-corrected chi connectivity index (χ2v) is 4.95. The highest BCUT2D eigenvalue weighted by molar-refractivity contribution is 5.95. The van der Waals surface area contributed by atoms with Gasteiger partial charge in [-0.2, -0.15) is 0 Å². The summed E-state index contributed by atoms with van der Waals surface area (Å²) >= 11 is 0. The van der Waals surface area contributed by atoms with Crippen LogP contribution in [0, 0.1) is 5.82 Å². The smallest absolute Gasteiger partial charge is 0.251 e. The van der Waals surface area contributed by atoms with Gasteiger partial charge in [-0.1, -0.05) is 12.8 Å². The van der Waals surface area contributed by atoms with Gasteiger partial charge in [0.25, 0.3) is 5.91 Å². The van der Waals surface area contributed by atoms with Crippen molar-refractivity contribution in [2.45, 2.75) is 31.2 Å². The van der Waals surface area contributed by atoms with Crippen LogP contribution in [0.2, 0.25) is 0 Å². The van der Waals surface area contributed by atoms with Crippen LogP contribution in [0.1, 0.15) is 36.0 Å². The van der Waals surface area contributed by atoms with Crippen LogP contribution < -0.4 is 10.1 Å². The minimum absolute atomic E-state index is 0.0390. The quantitative estimate of drug-likeness (QED) is 0.875. The minimum atomic E-state index is -0.529. The van der Waals surface area contributed by atoms with E-state index in [1.165, 1.54) is 25.3 Å². The van der Waals surface area contributed by atoms with Crippen molar-refractivity contribution >= 4 is 5.91 Å². The van der Waals surface area contributed by atoms with Crippen molar-refractivity contribution in [3.8, 4) is 5.75 Å². The van der Waals surface area contributed by atoms with Crippen molar-refractivity contribution in [3.63, 3.8) is 0 Å². The first-order valence-electron chi connectivity index (χ1n) is 6.37. The zero-order valence-corrected chi connectivity index (χ0v) is 10.9. The molecular formula is C14H18FNO3. The second-order valence-electron chi connectivity index (χ2n) is 4.95. The third-order valence-corrected chi connectivity index (χ3v) is 3.66. The number of amides is 1. The Kier molecular flexibility index (Phi) is 4.04. The molecule has 0 saturated heterocycles. The van der Waals surface area contributed by atoms with Gasteiger partial charge in [-0.25, -0.2) is 4.39 Å². The molecule has 19 heavy (non-hydrogen) atoms. The highest BCUT2D eigenvalue weighted by Gasteiger charge is 2.34. The lowest BCUT2D eigenvalue weighted by Crippen LogP contribution is -2.49. The van der Waals surface area contributed by atoms with Gasteiger partial charge in [0.05, 0.1) is 19.3 Å². The first-order valence-corrected chi connectivity index (χ1v) is 6.37. The van der Waals surface area contributed by atoms with Crippen molar-refractivity contribution in [2.24, 2.45) is 0 Å². The van der Waals surface area contributed by atoms with Gasteiger partial charge in [0.15, 0.2) is 11.6 Å². The topological polar surface area (TPSA) is 58.6 Å². The maximum Gasteiger partial charge on any atom is 0.251 e. The van der Waals surface area contributed by atoms with E-state index in [-0.39, 0.29) is 18.3 Å². The van der Waals surface area contributed by atoms with E-state index in [4.69, 9.17) is 4.74 Å². The van der Waals surface area contributed by atoms with E-state index >= 15 is 0 Å². The van der Waals surface area contributed by atoms with Crippen LogP contribution in [0.3, 0.4) is 0 Å². The number of hydrogen-bond donors (Lipinski definition) is 2. The van der Waals surface area contributed by atoms with Crippen LogP contribution >= 0.6 is 0 Å². The third kappa shape index (κ3) is 2.87. The lowest BCUT2D eigenvalue weighted by Gasteiger charge is -2.28. The molecule has 5 heteroatoms. The van der Waals surface area contributed by atoms with Crippen LogP contribution in [0.4, 0.5) is 4.39 Å². The van der Waals surface area contributed by atoms with Crippen LogP contribution in [-0.4, -0.2) is 30.3 Å². The Bertz CT molecular complexity index is 470. The molecule has 0 unspecified atom stereocenters. The number of methoxy groups -OCH3 is 1. The Morgan fingerprint density at radius 2 is 2.16 bits per heavy atom. The number of carbonyl (C=O) groups is 1. The average Bonchev–Trinajstić information content (AvgIpc) is 2.88. The van der Waals surface area contributed by atoms with E-state index in [1.807, 2.05) is 0 Å². The normalized spacial score (nSPS) is 17.2. The number of benzene rings is 1. The molecule has 1 fully saturated rings. The van der Waals surface area contributed by atoms with Gasteiger partial charge < -0.3 is 15.2 Å². The van der Waals surface area contributed by atoms with E-state index < -0.39 is 11.4 Å². The number of ether oxygens (including phenoxy) is 1. The monoisotopic (exact) mass is 267 g/mol. The Morgan fingerprint density at radius 3 is 2.74 bits per heavy atom. The summed E-state index contributed by atoms with van der Waals surface area (Å²) in [5.74, 6) is -0.775. The maximum absolute atomic E-state index is 13.3. The molecule has 1 aliphatic carbocycles. The molecule has 1 amide bonds. The first-order chi connectivity index (χ1) is 9.10. The Morgan fingerprint density at radius 1 is 1.47 bits per heavy atom. The molecule has 104 valence electrons. The van der Waals surface area contributed by atoms with Crippen LogP contribution in [0.5, 0.6) is 5.75 Å². The van der Waals surface area contributed by atoms with Crippen LogP contribution in [0.25, 0.3) is 0 Å². The molecule has 1 aromatic carbocycles. The highest BCUT2D eigenvalue weighted by Crippen LogP contribution is 2.29. The molecule has 2 rings (SSSR count). The first kappa shape index (κ1) is 13.8. The van der Waals surface area contributed by atoms with Crippen molar-refractivity contribution in [3.05, 3.63) is 29.6 Å². The average molecular weight is 267 g/mol. The summed E-state index contributed by atoms with van der Waals surface area (Å²) in [6, 6.07) is 3.98. The van der Waals surface area contributed by atoms with Gasteiger partial charge in [-0.15, -0.1) is 0 Å². The summed E-state index contributed by atoms with van der Waals surface area (Å²) in [6.45, 7) is -0.0724. The van der Waals surface area contributed by atoms with Crippen molar-refractivity contribution < 1.29 is 19.0 Å². The summed E-state index contributed by atoms with van der Waals surface area (Å²) in [4.78, 5) is 12.1. The van der Waals surface area contributed by atoms with E-state index in [2.05, 4.69) is 5.32 Å². The number of nitrogens with one attached hydrogen (secondary N) is 1. The summed E-state index contributed by atoms with van der Waals surface area (Å²) < 4.78 is 18.1. The fourth-order valence-electron chi connectivity index (χ4n) is 2.49. The molecule has 0 aliphatic heterocycles. The van der Waals surface area contributed by atoms with Crippen molar-refractivity contribution in [2.75, 3.05) is 13.7 Å². The van der Waals surface area contributed by atoms with E-state index in [0.717, 1.165) is 25.7 Å². The van der Waals surface area contributed by atoms with Crippen molar-refractivity contribution in [1.29, 1.82) is 0 Å². The second kappa shape index (κ2) is 5.57. The molecule has 4 nitrogen and oxygen atoms in total. The summed E-state index contributed by atoms with van der Waals surface area (Å²) in [5, 5.41) is 12.3. The highest BCUT2D eigenvalue weighted by atomic mass is 19.1. The van der Waals surface area contributed by atoms with Crippen molar-refractivity contribution in [1.82, 2.24) is 5.32 Å². The number of aliphatic hydroxyl groups excluding tert-OH is 1. The number of rotatable bonds is 4. The molecule has 1 saturated carbocycles. The molecule has 0 heterocycles. The van der Waals surface area contributed by atoms with E-state index in [0.29, 0.717) is 5.56 Å². The van der Waals surface area contributed by atoms with Crippen LogP contribution in [-0.2, 0) is 0 Å². The summed E-state index contributed by atoms with van der Waals surface area (Å²) in [5.41, 5.74) is -0.198. The number of hydrogen-bond acceptors (Lipinski definition) is 3. The molecular weight excluding hydrogens is 249 g/mol. The fourth-order valence-corrected chi connectivity index (χ4v) is 2.49. The van der Waals surface area contributed by atoms with E-state index in [9.17, 15) is 14.3 Å². The van der Waals surface area contributed by atoms with Gasteiger partial charge in [0.1, 0.15) is 0 Å². The standard InChI is InChI=1S/C14H18FNO3/c1-19-12-8-10(4-5-11(12)15)13(18)16-14(9-17)6-2-3-7-14/h4-5,8,17H,2-3,6-7,9H2,1H3,(H,16,18). The molecule has 1 aromatic rings. The van der Waals surface area contributed by atoms with Gasteiger partial charge >= 0.3 is 0 Å². The molecule has 0 atom stereocenters. The largest absolute Gasteiger partial charge is 0.494 e. The molecule has 1 aliphatic rings.